The fraction of sp³-hybridized carbons (Fsp3) is 0.167. The third kappa shape index (κ3) is 4.76. The summed E-state index contributed by atoms with van der Waals surface area (Å²) in [6.45, 7) is 2.38. The lowest BCUT2D eigenvalue weighted by Crippen LogP contribution is -2.44. The molecule has 7 nitrogen and oxygen atoms in total. The van der Waals surface area contributed by atoms with Crippen LogP contribution in [0.2, 0.25) is 0 Å². The van der Waals surface area contributed by atoms with Crippen molar-refractivity contribution in [3.8, 4) is 0 Å². The molecular formula is C24H22N4O3S. The van der Waals surface area contributed by atoms with Gasteiger partial charge in [0.05, 0.1) is 6.26 Å². The summed E-state index contributed by atoms with van der Waals surface area (Å²) in [5, 5.41) is 8.43. The first-order valence-corrected chi connectivity index (χ1v) is 11.1. The number of carbonyl (C=O) groups excluding carboxylic acids is 2. The average molecular weight is 447 g/mol. The van der Waals surface area contributed by atoms with Gasteiger partial charge in [-0.05, 0) is 53.3 Å². The molecule has 32 heavy (non-hydrogen) atoms. The van der Waals surface area contributed by atoms with Gasteiger partial charge >= 0.3 is 0 Å². The molecule has 1 atom stereocenters. The highest BCUT2D eigenvalue weighted by atomic mass is 32.1. The fourth-order valence-corrected chi connectivity index (χ4v) is 3.79. The second-order valence-corrected chi connectivity index (χ2v) is 7.72. The van der Waals surface area contributed by atoms with Crippen LogP contribution in [0.5, 0.6) is 0 Å². The van der Waals surface area contributed by atoms with Crippen LogP contribution in [0.4, 0.5) is 5.69 Å². The van der Waals surface area contributed by atoms with Crippen LogP contribution in [0.1, 0.15) is 40.3 Å². The van der Waals surface area contributed by atoms with Crippen molar-refractivity contribution in [3.05, 3.63) is 101 Å². The van der Waals surface area contributed by atoms with Crippen LogP contribution in [0.3, 0.4) is 0 Å². The number of aryl methyl sites for hydroxylation is 1. The summed E-state index contributed by atoms with van der Waals surface area (Å²) in [5.74, 6) is -0.439. The summed E-state index contributed by atoms with van der Waals surface area (Å²) in [5.41, 5.74) is 2.81. The smallest absolute Gasteiger partial charge is 0.280 e. The molecule has 4 aromatic rings. The number of rotatable bonds is 8. The maximum Gasteiger partial charge on any atom is 0.280 e. The molecule has 2 heterocycles. The number of nitrogens with zero attached hydrogens (tertiary/aromatic N) is 3. The van der Waals surface area contributed by atoms with Crippen LogP contribution >= 0.6 is 11.5 Å². The van der Waals surface area contributed by atoms with Crippen molar-refractivity contribution in [2.45, 2.75) is 25.9 Å². The van der Waals surface area contributed by atoms with E-state index >= 15 is 0 Å². The molecule has 0 unspecified atom stereocenters. The van der Waals surface area contributed by atoms with Crippen molar-refractivity contribution >= 4 is 29.0 Å². The zero-order chi connectivity index (χ0) is 22.3. The molecule has 4 rings (SSSR count). The third-order valence-corrected chi connectivity index (χ3v) is 5.55. The summed E-state index contributed by atoms with van der Waals surface area (Å²) in [6.07, 6.45) is 2.35. The number of anilines is 1. The van der Waals surface area contributed by atoms with Gasteiger partial charge < -0.3 is 9.73 Å². The quantitative estimate of drug-likeness (QED) is 0.433. The first-order valence-electron chi connectivity index (χ1n) is 10.2. The molecule has 2 amide bonds. The highest BCUT2D eigenvalue weighted by Crippen LogP contribution is 2.30. The van der Waals surface area contributed by atoms with Crippen LogP contribution in [0, 0.1) is 0 Å². The first-order chi connectivity index (χ1) is 15.7. The minimum absolute atomic E-state index is 0.169. The molecule has 1 N–H and O–H groups in total. The number of benzene rings is 2. The molecular weight excluding hydrogens is 424 g/mol. The van der Waals surface area contributed by atoms with E-state index in [0.717, 1.165) is 29.1 Å². The Balaban J connectivity index is 1.72. The van der Waals surface area contributed by atoms with E-state index in [1.54, 1.807) is 17.5 Å². The van der Waals surface area contributed by atoms with Crippen molar-refractivity contribution in [3.63, 3.8) is 0 Å². The Morgan fingerprint density at radius 3 is 2.44 bits per heavy atom. The van der Waals surface area contributed by atoms with Gasteiger partial charge in [0.1, 0.15) is 5.76 Å². The Morgan fingerprint density at radius 2 is 1.81 bits per heavy atom. The second-order valence-electron chi connectivity index (χ2n) is 7.11. The van der Waals surface area contributed by atoms with Gasteiger partial charge in [0.2, 0.25) is 0 Å². The molecule has 0 spiro atoms. The largest absolute Gasteiger partial charge is 0.467 e. The molecule has 0 aliphatic carbocycles. The minimum Gasteiger partial charge on any atom is -0.467 e. The Morgan fingerprint density at radius 1 is 1.03 bits per heavy atom. The Kier molecular flexibility index (Phi) is 6.72. The van der Waals surface area contributed by atoms with Crippen molar-refractivity contribution in [2.75, 3.05) is 4.90 Å². The summed E-state index contributed by atoms with van der Waals surface area (Å²) in [7, 11) is 0. The Hall–Kier alpha value is -3.78. The summed E-state index contributed by atoms with van der Waals surface area (Å²) in [6, 6.07) is 19.5. The van der Waals surface area contributed by atoms with Gasteiger partial charge in [0.15, 0.2) is 11.7 Å². The zero-order valence-electron chi connectivity index (χ0n) is 17.5. The van der Waals surface area contributed by atoms with E-state index in [9.17, 15) is 9.59 Å². The Bertz CT molecular complexity index is 1140. The normalized spacial score (nSPS) is 11.7. The van der Waals surface area contributed by atoms with Crippen molar-refractivity contribution < 1.29 is 14.0 Å². The standard InChI is InChI=1S/C24H22N4O3S/c1-2-17-10-12-19(13-11-17)28(24(30)20-16-32-27-26-20)22(21-9-6-14-31-21)23(29)25-15-18-7-4-3-5-8-18/h3-14,16,22H,2,15H2,1H3,(H,25,29)/t22-/m1/s1. The van der Waals surface area contributed by atoms with Crippen LogP contribution < -0.4 is 10.2 Å². The SMILES string of the molecule is CCc1ccc(N(C(=O)c2csnn2)[C@@H](C(=O)NCc2ccccc2)c2ccco2)cc1. The van der Waals surface area contributed by atoms with Gasteiger partial charge in [-0.1, -0.05) is 53.9 Å². The van der Waals surface area contributed by atoms with Crippen molar-refractivity contribution in [2.24, 2.45) is 0 Å². The lowest BCUT2D eigenvalue weighted by atomic mass is 10.1. The molecule has 0 aliphatic heterocycles. The predicted octanol–water partition coefficient (Wildman–Crippen LogP) is 4.40. The lowest BCUT2D eigenvalue weighted by Gasteiger charge is -2.29. The van der Waals surface area contributed by atoms with Crippen LogP contribution in [0.25, 0.3) is 0 Å². The molecule has 0 saturated heterocycles. The Labute approximate surface area is 189 Å². The number of nitrogens with one attached hydrogen (secondary N) is 1. The lowest BCUT2D eigenvalue weighted by molar-refractivity contribution is -0.123. The van der Waals surface area contributed by atoms with Gasteiger partial charge in [0.25, 0.3) is 11.8 Å². The van der Waals surface area contributed by atoms with E-state index in [1.165, 1.54) is 11.2 Å². The highest BCUT2D eigenvalue weighted by molar-refractivity contribution is 7.03. The molecule has 2 aromatic heterocycles. The van der Waals surface area contributed by atoms with E-state index in [4.69, 9.17) is 4.42 Å². The number of amides is 2. The van der Waals surface area contributed by atoms with Gasteiger partial charge in [-0.3, -0.25) is 14.5 Å². The summed E-state index contributed by atoms with van der Waals surface area (Å²) >= 11 is 1.08. The molecule has 162 valence electrons. The molecule has 8 heteroatoms. The molecule has 2 aromatic carbocycles. The number of furan rings is 1. The maximum atomic E-state index is 13.5. The van der Waals surface area contributed by atoms with E-state index in [2.05, 4.69) is 21.8 Å². The minimum atomic E-state index is -1.02. The van der Waals surface area contributed by atoms with Crippen LogP contribution in [-0.2, 0) is 17.8 Å². The molecule has 0 radical (unpaired) electrons. The number of hydrogen-bond donors (Lipinski definition) is 1. The van der Waals surface area contributed by atoms with Crippen molar-refractivity contribution in [1.82, 2.24) is 14.9 Å². The van der Waals surface area contributed by atoms with Crippen LogP contribution in [-0.4, -0.2) is 21.4 Å². The molecule has 0 bridgehead atoms. The predicted molar refractivity (Wildman–Crippen MR) is 122 cm³/mol. The zero-order valence-corrected chi connectivity index (χ0v) is 18.3. The molecule has 0 saturated carbocycles. The van der Waals surface area contributed by atoms with Gasteiger partial charge in [0, 0.05) is 17.6 Å². The monoisotopic (exact) mass is 446 g/mol. The highest BCUT2D eigenvalue weighted by Gasteiger charge is 2.36. The molecule has 0 fully saturated rings. The van der Waals surface area contributed by atoms with Gasteiger partial charge in [-0.25, -0.2) is 0 Å². The average Bonchev–Trinajstić information content (AvgIpc) is 3.56. The fourth-order valence-electron chi connectivity index (χ4n) is 3.36. The maximum absolute atomic E-state index is 13.5. The number of aromatic nitrogens is 2. The van der Waals surface area contributed by atoms with Gasteiger partial charge in [-0.15, -0.1) is 5.10 Å². The van der Waals surface area contributed by atoms with Crippen molar-refractivity contribution in [1.29, 1.82) is 0 Å². The number of carbonyl (C=O) groups is 2. The van der Waals surface area contributed by atoms with Gasteiger partial charge in [-0.2, -0.15) is 0 Å². The number of hydrogen-bond acceptors (Lipinski definition) is 6. The van der Waals surface area contributed by atoms with Crippen LogP contribution in [0.15, 0.2) is 82.8 Å². The van der Waals surface area contributed by atoms with E-state index in [-0.39, 0.29) is 11.6 Å². The first kappa shape index (κ1) is 21.5. The molecule has 0 aliphatic rings. The second kappa shape index (κ2) is 10.0. The topological polar surface area (TPSA) is 88.3 Å². The summed E-state index contributed by atoms with van der Waals surface area (Å²) in [4.78, 5) is 28.3. The van der Waals surface area contributed by atoms with E-state index in [0.29, 0.717) is 18.0 Å². The van der Waals surface area contributed by atoms with E-state index < -0.39 is 11.9 Å². The summed E-state index contributed by atoms with van der Waals surface area (Å²) < 4.78 is 9.41. The van der Waals surface area contributed by atoms with E-state index in [1.807, 2.05) is 54.6 Å². The third-order valence-electron chi connectivity index (χ3n) is 5.05.